The van der Waals surface area contributed by atoms with Crippen molar-refractivity contribution in [3.05, 3.63) is 45.5 Å². The van der Waals surface area contributed by atoms with Crippen LogP contribution in [-0.4, -0.2) is 5.78 Å². The number of halogens is 1. The van der Waals surface area contributed by atoms with E-state index in [2.05, 4.69) is 0 Å². The predicted octanol–water partition coefficient (Wildman–Crippen LogP) is 3.23. The third kappa shape index (κ3) is 1.66. The Morgan fingerprint density at radius 3 is 2.85 bits per heavy atom. The second kappa shape index (κ2) is 3.36. The Morgan fingerprint density at radius 1 is 1.46 bits per heavy atom. The van der Waals surface area contributed by atoms with E-state index in [0.29, 0.717) is 15.5 Å². The molecule has 0 atom stereocenters. The van der Waals surface area contributed by atoms with Crippen LogP contribution in [0.4, 0.5) is 0 Å². The second-order valence-corrected chi connectivity index (χ2v) is 4.02. The van der Waals surface area contributed by atoms with E-state index in [1.54, 1.807) is 17.5 Å². The van der Waals surface area contributed by atoms with Crippen LogP contribution in [0.3, 0.4) is 0 Å². The number of hydrogen-bond acceptors (Lipinski definition) is 3. The minimum absolute atomic E-state index is 0.0584. The van der Waals surface area contributed by atoms with Crippen LogP contribution in [-0.2, 0) is 0 Å². The number of ketones is 1. The van der Waals surface area contributed by atoms with Crippen molar-refractivity contribution in [1.29, 1.82) is 0 Å². The van der Waals surface area contributed by atoms with Crippen molar-refractivity contribution in [3.63, 3.8) is 0 Å². The third-order valence-corrected chi connectivity index (χ3v) is 2.70. The average molecular weight is 213 g/mol. The number of carbonyl (C=O) groups excluding carboxylic acids is 1. The molecule has 0 fully saturated rings. The fraction of sp³-hybridized carbons (Fsp3) is 0. The van der Waals surface area contributed by atoms with Crippen LogP contribution in [0.2, 0.25) is 4.34 Å². The second-order valence-electron chi connectivity index (χ2n) is 2.48. The lowest BCUT2D eigenvalue weighted by atomic mass is 10.1. The molecule has 0 aromatic carbocycles. The third-order valence-electron chi connectivity index (χ3n) is 1.61. The van der Waals surface area contributed by atoms with E-state index in [1.165, 1.54) is 23.9 Å². The maximum absolute atomic E-state index is 11.6. The Bertz CT molecular complexity index is 417. The van der Waals surface area contributed by atoms with Gasteiger partial charge in [0.05, 0.1) is 16.2 Å². The fourth-order valence-electron chi connectivity index (χ4n) is 0.989. The lowest BCUT2D eigenvalue weighted by Crippen LogP contribution is -1.96. The molecule has 0 radical (unpaired) electrons. The Morgan fingerprint density at radius 2 is 2.31 bits per heavy atom. The van der Waals surface area contributed by atoms with E-state index < -0.39 is 0 Å². The fourth-order valence-corrected chi connectivity index (χ4v) is 1.85. The van der Waals surface area contributed by atoms with Crippen LogP contribution in [0.15, 0.2) is 34.5 Å². The largest absolute Gasteiger partial charge is 0.472 e. The summed E-state index contributed by atoms with van der Waals surface area (Å²) in [6.07, 6.45) is 2.90. The van der Waals surface area contributed by atoms with Gasteiger partial charge in [-0.1, -0.05) is 11.6 Å². The number of furan rings is 1. The Hall–Kier alpha value is -1.06. The van der Waals surface area contributed by atoms with Crippen LogP contribution in [0.1, 0.15) is 15.9 Å². The van der Waals surface area contributed by atoms with Crippen molar-refractivity contribution in [2.75, 3.05) is 0 Å². The molecule has 2 rings (SSSR count). The molecular formula is C9H5ClO2S. The summed E-state index contributed by atoms with van der Waals surface area (Å²) >= 11 is 7.05. The molecule has 0 amide bonds. The summed E-state index contributed by atoms with van der Waals surface area (Å²) in [7, 11) is 0. The van der Waals surface area contributed by atoms with Gasteiger partial charge in [-0.05, 0) is 12.1 Å². The summed E-state index contributed by atoms with van der Waals surface area (Å²) in [6, 6.07) is 3.29. The minimum atomic E-state index is -0.0584. The van der Waals surface area contributed by atoms with E-state index in [1.807, 2.05) is 0 Å². The van der Waals surface area contributed by atoms with E-state index in [4.69, 9.17) is 16.0 Å². The molecule has 2 aromatic rings. The highest BCUT2D eigenvalue weighted by Gasteiger charge is 2.11. The molecule has 2 nitrogen and oxygen atoms in total. The first-order valence-corrected chi connectivity index (χ1v) is 4.84. The van der Waals surface area contributed by atoms with Gasteiger partial charge in [0, 0.05) is 10.9 Å². The number of rotatable bonds is 2. The molecule has 0 aliphatic rings. The molecule has 0 aliphatic carbocycles. The molecule has 2 aromatic heterocycles. The molecule has 0 N–H and O–H groups in total. The molecule has 0 spiro atoms. The van der Waals surface area contributed by atoms with Crippen LogP contribution < -0.4 is 0 Å². The van der Waals surface area contributed by atoms with Crippen LogP contribution in [0, 0.1) is 0 Å². The highest BCUT2D eigenvalue weighted by Crippen LogP contribution is 2.22. The van der Waals surface area contributed by atoms with Gasteiger partial charge in [0.1, 0.15) is 6.26 Å². The quantitative estimate of drug-likeness (QED) is 0.716. The molecule has 13 heavy (non-hydrogen) atoms. The first-order chi connectivity index (χ1) is 6.27. The van der Waals surface area contributed by atoms with Crippen molar-refractivity contribution in [2.24, 2.45) is 0 Å². The van der Waals surface area contributed by atoms with Crippen LogP contribution in [0.25, 0.3) is 0 Å². The molecule has 0 aliphatic heterocycles. The van der Waals surface area contributed by atoms with E-state index in [0.717, 1.165) is 0 Å². The highest BCUT2D eigenvalue weighted by molar-refractivity contribution is 7.14. The van der Waals surface area contributed by atoms with E-state index in [-0.39, 0.29) is 5.78 Å². The van der Waals surface area contributed by atoms with Gasteiger partial charge in [-0.15, -0.1) is 11.3 Å². The lowest BCUT2D eigenvalue weighted by Gasteiger charge is -1.89. The molecule has 0 bridgehead atoms. The molecule has 66 valence electrons. The Labute approximate surface area is 83.8 Å². The van der Waals surface area contributed by atoms with E-state index in [9.17, 15) is 4.79 Å². The van der Waals surface area contributed by atoms with Crippen LogP contribution in [0.5, 0.6) is 0 Å². The van der Waals surface area contributed by atoms with Crippen molar-refractivity contribution < 1.29 is 9.21 Å². The monoisotopic (exact) mass is 212 g/mol. The van der Waals surface area contributed by atoms with Gasteiger partial charge >= 0.3 is 0 Å². The van der Waals surface area contributed by atoms with Crippen molar-refractivity contribution in [2.45, 2.75) is 0 Å². The first-order valence-electron chi connectivity index (χ1n) is 3.58. The standard InChI is InChI=1S/C9H5ClO2S/c10-8-3-7(5-13-8)9(11)6-1-2-12-4-6/h1-5H. The summed E-state index contributed by atoms with van der Waals surface area (Å²) in [6.45, 7) is 0. The molecule has 0 unspecified atom stereocenters. The molecule has 0 saturated heterocycles. The van der Waals surface area contributed by atoms with Gasteiger partial charge in [-0.2, -0.15) is 0 Å². The summed E-state index contributed by atoms with van der Waals surface area (Å²) in [4.78, 5) is 11.6. The number of hydrogen-bond donors (Lipinski definition) is 0. The maximum Gasteiger partial charge on any atom is 0.197 e. The van der Waals surface area contributed by atoms with Gasteiger partial charge in [-0.25, -0.2) is 0 Å². The summed E-state index contributed by atoms with van der Waals surface area (Å²) < 4.78 is 5.43. The zero-order valence-electron chi connectivity index (χ0n) is 6.49. The smallest absolute Gasteiger partial charge is 0.197 e. The van der Waals surface area contributed by atoms with Gasteiger partial charge in [0.25, 0.3) is 0 Å². The number of carbonyl (C=O) groups is 1. The van der Waals surface area contributed by atoms with Gasteiger partial charge in [-0.3, -0.25) is 4.79 Å². The summed E-state index contributed by atoms with van der Waals surface area (Å²) in [5.74, 6) is -0.0584. The van der Waals surface area contributed by atoms with Gasteiger partial charge < -0.3 is 4.42 Å². The zero-order chi connectivity index (χ0) is 9.26. The molecular weight excluding hydrogens is 208 g/mol. The first kappa shape index (κ1) is 8.53. The minimum Gasteiger partial charge on any atom is -0.472 e. The highest BCUT2D eigenvalue weighted by atomic mass is 35.5. The molecule has 2 heterocycles. The normalized spacial score (nSPS) is 10.2. The topological polar surface area (TPSA) is 30.2 Å². The SMILES string of the molecule is O=C(c1ccoc1)c1csc(Cl)c1. The van der Waals surface area contributed by atoms with Crippen LogP contribution >= 0.6 is 22.9 Å². The van der Waals surface area contributed by atoms with Crippen molar-refractivity contribution in [3.8, 4) is 0 Å². The van der Waals surface area contributed by atoms with Gasteiger partial charge in [0.2, 0.25) is 0 Å². The number of thiophene rings is 1. The summed E-state index contributed by atoms with van der Waals surface area (Å²) in [5, 5.41) is 1.73. The Kier molecular flexibility index (Phi) is 2.20. The van der Waals surface area contributed by atoms with Gasteiger partial charge in [0.15, 0.2) is 5.78 Å². The Balaban J connectivity index is 2.33. The van der Waals surface area contributed by atoms with Crippen molar-refractivity contribution >= 4 is 28.7 Å². The summed E-state index contributed by atoms with van der Waals surface area (Å²) in [5.41, 5.74) is 1.16. The lowest BCUT2D eigenvalue weighted by molar-refractivity contribution is 0.103. The predicted molar refractivity (Wildman–Crippen MR) is 51.5 cm³/mol. The molecule has 4 heteroatoms. The maximum atomic E-state index is 11.6. The van der Waals surface area contributed by atoms with Crippen molar-refractivity contribution in [1.82, 2.24) is 0 Å². The zero-order valence-corrected chi connectivity index (χ0v) is 8.06. The van der Waals surface area contributed by atoms with E-state index >= 15 is 0 Å². The average Bonchev–Trinajstić information content (AvgIpc) is 2.72. The molecule has 0 saturated carbocycles.